The number of aliphatic carboxylic acids is 1. The Morgan fingerprint density at radius 2 is 0.850 bits per heavy atom. The number of phenolic OH excluding ortho intramolecular Hbond substituents is 3. The van der Waals surface area contributed by atoms with E-state index in [1.807, 2.05) is 0 Å². The molecule has 0 aliphatic heterocycles. The highest BCUT2D eigenvalue weighted by atomic mass is 16.4. The largest absolute Gasteiger partial charge is 0.508 e. The molecular formula is C29H31N3O8. The van der Waals surface area contributed by atoms with Crippen molar-refractivity contribution >= 4 is 23.7 Å². The zero-order valence-corrected chi connectivity index (χ0v) is 21.7. The van der Waals surface area contributed by atoms with Crippen molar-refractivity contribution in [3.05, 3.63) is 89.5 Å². The summed E-state index contributed by atoms with van der Waals surface area (Å²) >= 11 is 0. The highest BCUT2D eigenvalue weighted by molar-refractivity contribution is 5.93. The first kappa shape index (κ1) is 29.5. The van der Waals surface area contributed by atoms with E-state index >= 15 is 0 Å². The van der Waals surface area contributed by atoms with E-state index in [2.05, 4.69) is 16.0 Å². The van der Waals surface area contributed by atoms with Gasteiger partial charge in [-0.15, -0.1) is 0 Å². The van der Waals surface area contributed by atoms with Crippen LogP contribution in [0.25, 0.3) is 0 Å². The third kappa shape index (κ3) is 9.05. The van der Waals surface area contributed by atoms with Crippen LogP contribution in [0, 0.1) is 0 Å². The Morgan fingerprint density at radius 1 is 0.550 bits per heavy atom. The molecule has 0 unspecified atom stereocenters. The standard InChI is InChI=1S/C29H31N3O8/c1-17(33)30-24(14-18-2-8-21(34)9-3-18)27(37)31-25(15-19-4-10-22(35)11-5-19)28(38)32-26(29(39)40)16-20-6-12-23(36)13-7-20/h2-13,24-26,34-36H,14-16H2,1H3,(H,30,33)(H,31,37)(H,32,38)(H,39,40)/t24-,25-,26-/m0/s1. The van der Waals surface area contributed by atoms with Crippen LogP contribution < -0.4 is 16.0 Å². The number of hydrogen-bond donors (Lipinski definition) is 7. The topological polar surface area (TPSA) is 185 Å². The van der Waals surface area contributed by atoms with Gasteiger partial charge in [-0.1, -0.05) is 36.4 Å². The van der Waals surface area contributed by atoms with E-state index < -0.39 is 41.8 Å². The lowest BCUT2D eigenvalue weighted by Crippen LogP contribution is -2.57. The Labute approximate surface area is 230 Å². The van der Waals surface area contributed by atoms with Crippen LogP contribution in [-0.2, 0) is 38.4 Å². The summed E-state index contributed by atoms with van der Waals surface area (Å²) in [5.41, 5.74) is 1.79. The molecule has 210 valence electrons. The van der Waals surface area contributed by atoms with Gasteiger partial charge in [0.25, 0.3) is 0 Å². The normalized spacial score (nSPS) is 12.9. The van der Waals surface area contributed by atoms with E-state index in [0.717, 1.165) is 0 Å². The van der Waals surface area contributed by atoms with Gasteiger partial charge in [-0.3, -0.25) is 14.4 Å². The van der Waals surface area contributed by atoms with E-state index in [0.29, 0.717) is 16.7 Å². The second-order valence-corrected chi connectivity index (χ2v) is 9.33. The van der Waals surface area contributed by atoms with Gasteiger partial charge >= 0.3 is 5.97 Å². The van der Waals surface area contributed by atoms with Gasteiger partial charge in [0.05, 0.1) is 0 Å². The van der Waals surface area contributed by atoms with Gasteiger partial charge in [-0.2, -0.15) is 0 Å². The summed E-state index contributed by atoms with van der Waals surface area (Å²) in [6.45, 7) is 1.25. The molecule has 0 saturated heterocycles. The SMILES string of the molecule is CC(=O)N[C@@H](Cc1ccc(O)cc1)C(=O)N[C@@H](Cc1ccc(O)cc1)C(=O)N[C@@H](Cc1ccc(O)cc1)C(=O)O. The fourth-order valence-corrected chi connectivity index (χ4v) is 4.01. The van der Waals surface area contributed by atoms with Crippen molar-refractivity contribution in [3.8, 4) is 17.2 Å². The number of aromatic hydroxyl groups is 3. The average Bonchev–Trinajstić information content (AvgIpc) is 2.90. The fourth-order valence-electron chi connectivity index (χ4n) is 4.01. The summed E-state index contributed by atoms with van der Waals surface area (Å²) in [6.07, 6.45) is -0.0379. The van der Waals surface area contributed by atoms with Crippen LogP contribution in [0.2, 0.25) is 0 Å². The molecule has 3 rings (SSSR count). The van der Waals surface area contributed by atoms with Crippen LogP contribution in [0.5, 0.6) is 17.2 Å². The Balaban J connectivity index is 1.82. The first-order chi connectivity index (χ1) is 19.0. The first-order valence-corrected chi connectivity index (χ1v) is 12.4. The van der Waals surface area contributed by atoms with Crippen LogP contribution >= 0.6 is 0 Å². The van der Waals surface area contributed by atoms with Gasteiger partial charge in [0.2, 0.25) is 17.7 Å². The van der Waals surface area contributed by atoms with Crippen molar-refractivity contribution in [2.24, 2.45) is 0 Å². The van der Waals surface area contributed by atoms with Crippen LogP contribution in [-0.4, -0.2) is 62.2 Å². The summed E-state index contributed by atoms with van der Waals surface area (Å²) in [6, 6.07) is 14.3. The van der Waals surface area contributed by atoms with Crippen LogP contribution in [0.3, 0.4) is 0 Å². The molecule has 0 heterocycles. The van der Waals surface area contributed by atoms with E-state index in [-0.39, 0.29) is 36.5 Å². The minimum Gasteiger partial charge on any atom is -0.508 e. The van der Waals surface area contributed by atoms with E-state index in [1.165, 1.54) is 55.5 Å². The number of carbonyl (C=O) groups is 4. The molecule has 11 heteroatoms. The number of nitrogens with one attached hydrogen (secondary N) is 3. The number of benzene rings is 3. The number of carbonyl (C=O) groups excluding carboxylic acids is 3. The van der Waals surface area contributed by atoms with Crippen LogP contribution in [0.1, 0.15) is 23.6 Å². The number of carboxylic acids is 1. The number of hydrogen-bond acceptors (Lipinski definition) is 7. The van der Waals surface area contributed by atoms with Gasteiger partial charge in [0.15, 0.2) is 0 Å². The molecule has 0 saturated carbocycles. The molecule has 0 spiro atoms. The van der Waals surface area contributed by atoms with E-state index in [4.69, 9.17) is 0 Å². The lowest BCUT2D eigenvalue weighted by Gasteiger charge is -2.25. The fraction of sp³-hybridized carbons (Fsp3) is 0.241. The van der Waals surface area contributed by atoms with E-state index in [9.17, 15) is 39.6 Å². The van der Waals surface area contributed by atoms with Crippen LogP contribution in [0.4, 0.5) is 0 Å². The lowest BCUT2D eigenvalue weighted by molar-refractivity contribution is -0.142. The van der Waals surface area contributed by atoms with Gasteiger partial charge in [-0.05, 0) is 53.1 Å². The van der Waals surface area contributed by atoms with Crippen molar-refractivity contribution in [2.45, 2.75) is 44.3 Å². The smallest absolute Gasteiger partial charge is 0.326 e. The third-order valence-corrected chi connectivity index (χ3v) is 6.07. The summed E-state index contributed by atoms with van der Waals surface area (Å²) < 4.78 is 0. The predicted molar refractivity (Wildman–Crippen MR) is 145 cm³/mol. The maximum atomic E-state index is 13.4. The quantitative estimate of drug-likeness (QED) is 0.177. The Morgan fingerprint density at radius 3 is 1.18 bits per heavy atom. The Hall–Kier alpha value is -5.06. The monoisotopic (exact) mass is 549 g/mol. The molecule has 0 aliphatic carbocycles. The van der Waals surface area contributed by atoms with Crippen LogP contribution in [0.15, 0.2) is 72.8 Å². The van der Waals surface area contributed by atoms with Gasteiger partial charge in [-0.25, -0.2) is 4.79 Å². The number of carboxylic acid groups (broad SMARTS) is 1. The maximum Gasteiger partial charge on any atom is 0.326 e. The molecule has 0 radical (unpaired) electrons. The summed E-state index contributed by atoms with van der Waals surface area (Å²) in [5, 5.41) is 46.0. The zero-order valence-electron chi connectivity index (χ0n) is 21.7. The predicted octanol–water partition coefficient (Wildman–Crippen LogP) is 1.39. The lowest BCUT2D eigenvalue weighted by atomic mass is 10.0. The number of rotatable bonds is 12. The molecular weight excluding hydrogens is 518 g/mol. The third-order valence-electron chi connectivity index (χ3n) is 6.07. The van der Waals surface area contributed by atoms with Crippen molar-refractivity contribution in [2.75, 3.05) is 0 Å². The molecule has 3 atom stereocenters. The first-order valence-electron chi connectivity index (χ1n) is 12.4. The molecule has 0 aliphatic rings. The zero-order chi connectivity index (χ0) is 29.2. The molecule has 3 amide bonds. The number of amides is 3. The highest BCUT2D eigenvalue weighted by Gasteiger charge is 2.30. The summed E-state index contributed by atoms with van der Waals surface area (Å²) in [5.74, 6) is -3.15. The second-order valence-electron chi connectivity index (χ2n) is 9.33. The van der Waals surface area contributed by atoms with Gasteiger partial charge < -0.3 is 36.4 Å². The minimum absolute atomic E-state index is 0.00764. The molecule has 7 N–H and O–H groups in total. The molecule has 40 heavy (non-hydrogen) atoms. The maximum absolute atomic E-state index is 13.4. The number of phenols is 3. The van der Waals surface area contributed by atoms with Gasteiger partial charge in [0, 0.05) is 26.2 Å². The molecule has 0 bridgehead atoms. The molecule has 11 nitrogen and oxygen atoms in total. The minimum atomic E-state index is -1.33. The van der Waals surface area contributed by atoms with Crippen molar-refractivity contribution in [1.29, 1.82) is 0 Å². The van der Waals surface area contributed by atoms with Crippen molar-refractivity contribution < 1.29 is 39.6 Å². The molecule has 0 aromatic heterocycles. The Kier molecular flexibility index (Phi) is 10.1. The van der Waals surface area contributed by atoms with Crippen molar-refractivity contribution in [1.82, 2.24) is 16.0 Å². The Bertz CT molecular complexity index is 1320. The second kappa shape index (κ2) is 13.7. The highest BCUT2D eigenvalue weighted by Crippen LogP contribution is 2.15. The molecule has 3 aromatic rings. The summed E-state index contributed by atoms with van der Waals surface area (Å²) in [7, 11) is 0. The van der Waals surface area contributed by atoms with Gasteiger partial charge in [0.1, 0.15) is 35.4 Å². The molecule has 3 aromatic carbocycles. The van der Waals surface area contributed by atoms with E-state index in [1.54, 1.807) is 24.3 Å². The summed E-state index contributed by atoms with van der Waals surface area (Å²) in [4.78, 5) is 50.5. The van der Waals surface area contributed by atoms with Crippen molar-refractivity contribution in [3.63, 3.8) is 0 Å². The molecule has 0 fully saturated rings. The average molecular weight is 550 g/mol.